The van der Waals surface area contributed by atoms with Crippen LogP contribution in [0.4, 0.5) is 0 Å². The van der Waals surface area contributed by atoms with Gasteiger partial charge < -0.3 is 4.65 Å². The van der Waals surface area contributed by atoms with Crippen LogP contribution in [0.25, 0.3) is 0 Å². The van der Waals surface area contributed by atoms with Crippen LogP contribution in [-0.2, 0) is 4.65 Å². The molecule has 19 heavy (non-hydrogen) atoms. The maximum Gasteiger partial charge on any atom is 0.362 e. The minimum atomic E-state index is -0.0280. The highest BCUT2D eigenvalue weighted by molar-refractivity contribution is 6.80. The number of benzene rings is 2. The van der Waals surface area contributed by atoms with Gasteiger partial charge >= 0.3 is 6.92 Å². The minimum absolute atomic E-state index is 0.0280. The van der Waals surface area contributed by atoms with E-state index >= 15 is 0 Å². The molecule has 98 valence electrons. The van der Waals surface area contributed by atoms with E-state index in [0.717, 1.165) is 0 Å². The highest BCUT2D eigenvalue weighted by Gasteiger charge is 2.23. The third-order valence-electron chi connectivity index (χ3n) is 3.26. The summed E-state index contributed by atoms with van der Waals surface area (Å²) in [7, 11) is 4.05. The SMILES string of the molecule is CC(OB(c1ccccc1)c1ccccc1)N(C)C. The van der Waals surface area contributed by atoms with Crippen LogP contribution in [0.15, 0.2) is 60.7 Å². The van der Waals surface area contributed by atoms with Gasteiger partial charge in [0.15, 0.2) is 0 Å². The fourth-order valence-electron chi connectivity index (χ4n) is 1.92. The Labute approximate surface area is 116 Å². The average molecular weight is 253 g/mol. The van der Waals surface area contributed by atoms with Crippen molar-refractivity contribution >= 4 is 17.8 Å². The molecular formula is C16H20BNO. The van der Waals surface area contributed by atoms with E-state index < -0.39 is 0 Å². The quantitative estimate of drug-likeness (QED) is 0.594. The van der Waals surface area contributed by atoms with Crippen LogP contribution in [0.2, 0.25) is 0 Å². The van der Waals surface area contributed by atoms with Gasteiger partial charge in [-0.1, -0.05) is 60.7 Å². The Balaban J connectivity index is 2.29. The van der Waals surface area contributed by atoms with E-state index in [1.54, 1.807) is 0 Å². The lowest BCUT2D eigenvalue weighted by atomic mass is 9.55. The van der Waals surface area contributed by atoms with Crippen molar-refractivity contribution < 1.29 is 4.65 Å². The van der Waals surface area contributed by atoms with Crippen LogP contribution in [0.5, 0.6) is 0 Å². The zero-order valence-corrected chi connectivity index (χ0v) is 11.8. The zero-order chi connectivity index (χ0) is 13.7. The van der Waals surface area contributed by atoms with Crippen molar-refractivity contribution in [3.05, 3.63) is 60.7 Å². The second kappa shape index (κ2) is 6.55. The zero-order valence-electron chi connectivity index (χ0n) is 11.8. The van der Waals surface area contributed by atoms with E-state index in [1.807, 2.05) is 26.2 Å². The molecule has 0 N–H and O–H groups in total. The Bertz CT molecular complexity index is 447. The molecule has 0 amide bonds. The topological polar surface area (TPSA) is 12.5 Å². The Kier molecular flexibility index (Phi) is 4.77. The van der Waals surface area contributed by atoms with E-state index in [9.17, 15) is 0 Å². The summed E-state index contributed by atoms with van der Waals surface area (Å²) in [4.78, 5) is 2.07. The van der Waals surface area contributed by atoms with Crippen LogP contribution < -0.4 is 10.9 Å². The molecule has 0 spiro atoms. The van der Waals surface area contributed by atoms with Gasteiger partial charge in [-0.2, -0.15) is 0 Å². The van der Waals surface area contributed by atoms with Crippen molar-refractivity contribution in [2.45, 2.75) is 13.2 Å². The lowest BCUT2D eigenvalue weighted by Crippen LogP contribution is -2.49. The summed E-state index contributed by atoms with van der Waals surface area (Å²) >= 11 is 0. The van der Waals surface area contributed by atoms with Gasteiger partial charge in [-0.25, -0.2) is 0 Å². The van der Waals surface area contributed by atoms with E-state index in [2.05, 4.69) is 60.4 Å². The van der Waals surface area contributed by atoms with Crippen molar-refractivity contribution in [1.29, 1.82) is 0 Å². The Morgan fingerprint density at radius 2 is 1.26 bits per heavy atom. The van der Waals surface area contributed by atoms with Crippen molar-refractivity contribution in [3.8, 4) is 0 Å². The lowest BCUT2D eigenvalue weighted by Gasteiger charge is -2.25. The van der Waals surface area contributed by atoms with Crippen LogP contribution in [0.3, 0.4) is 0 Å². The van der Waals surface area contributed by atoms with Gasteiger partial charge in [-0.3, -0.25) is 4.90 Å². The summed E-state index contributed by atoms with van der Waals surface area (Å²) in [5, 5.41) is 0. The number of hydrogen-bond donors (Lipinski definition) is 0. The molecule has 2 nitrogen and oxygen atoms in total. The molecular weight excluding hydrogens is 233 g/mol. The van der Waals surface area contributed by atoms with Gasteiger partial charge in [0, 0.05) is 0 Å². The first-order valence-electron chi connectivity index (χ1n) is 6.60. The predicted octanol–water partition coefficient (Wildman–Crippen LogP) is 1.72. The smallest absolute Gasteiger partial charge is 0.362 e. The van der Waals surface area contributed by atoms with Crippen LogP contribution >= 0.6 is 0 Å². The van der Waals surface area contributed by atoms with Crippen LogP contribution in [-0.4, -0.2) is 32.1 Å². The monoisotopic (exact) mass is 253 g/mol. The van der Waals surface area contributed by atoms with E-state index in [-0.39, 0.29) is 13.1 Å². The van der Waals surface area contributed by atoms with Crippen LogP contribution in [0, 0.1) is 0 Å². The predicted molar refractivity (Wildman–Crippen MR) is 82.1 cm³/mol. The van der Waals surface area contributed by atoms with Crippen molar-refractivity contribution in [1.82, 2.24) is 4.90 Å². The first-order chi connectivity index (χ1) is 9.18. The molecule has 3 heteroatoms. The average Bonchev–Trinajstić information content (AvgIpc) is 2.46. The van der Waals surface area contributed by atoms with Gasteiger partial charge in [0.25, 0.3) is 0 Å². The number of rotatable bonds is 5. The fraction of sp³-hybridized carbons (Fsp3) is 0.250. The Morgan fingerprint density at radius 1 is 0.842 bits per heavy atom. The maximum absolute atomic E-state index is 6.21. The van der Waals surface area contributed by atoms with Gasteiger partial charge in [-0.05, 0) is 31.9 Å². The standard InChI is InChI=1S/C16H20BNO/c1-14(18(2)3)19-17(15-10-6-4-7-11-15)16-12-8-5-9-13-16/h4-14H,1-3H3. The number of nitrogens with zero attached hydrogens (tertiary/aromatic N) is 1. The van der Waals surface area contributed by atoms with Gasteiger partial charge in [0.1, 0.15) is 0 Å². The first-order valence-corrected chi connectivity index (χ1v) is 6.60. The molecule has 0 bridgehead atoms. The molecule has 2 aromatic rings. The van der Waals surface area contributed by atoms with E-state index in [4.69, 9.17) is 4.65 Å². The molecule has 0 fully saturated rings. The van der Waals surface area contributed by atoms with E-state index in [0.29, 0.717) is 0 Å². The maximum atomic E-state index is 6.21. The second-order valence-corrected chi connectivity index (χ2v) is 4.90. The van der Waals surface area contributed by atoms with E-state index in [1.165, 1.54) is 10.9 Å². The summed E-state index contributed by atoms with van der Waals surface area (Å²) < 4.78 is 6.21. The van der Waals surface area contributed by atoms with Crippen molar-refractivity contribution in [2.75, 3.05) is 14.1 Å². The van der Waals surface area contributed by atoms with Gasteiger partial charge in [0.2, 0.25) is 0 Å². The molecule has 1 unspecified atom stereocenters. The van der Waals surface area contributed by atoms with Gasteiger partial charge in [-0.15, -0.1) is 0 Å². The van der Waals surface area contributed by atoms with Crippen LogP contribution in [0.1, 0.15) is 6.92 Å². The molecule has 2 aromatic carbocycles. The molecule has 0 aromatic heterocycles. The molecule has 0 heterocycles. The molecule has 0 saturated carbocycles. The molecule has 0 radical (unpaired) electrons. The normalized spacial score (nSPS) is 12.4. The molecule has 1 atom stereocenters. The molecule has 2 rings (SSSR count). The summed E-state index contributed by atoms with van der Waals surface area (Å²) in [5.41, 5.74) is 2.37. The lowest BCUT2D eigenvalue weighted by molar-refractivity contribution is 0.0842. The summed E-state index contributed by atoms with van der Waals surface area (Å²) in [6.07, 6.45) is 0.0606. The van der Waals surface area contributed by atoms with Crippen molar-refractivity contribution in [2.24, 2.45) is 0 Å². The highest BCUT2D eigenvalue weighted by Crippen LogP contribution is 2.01. The third kappa shape index (κ3) is 3.69. The summed E-state index contributed by atoms with van der Waals surface area (Å²) in [5.74, 6) is 0. The third-order valence-corrected chi connectivity index (χ3v) is 3.26. The second-order valence-electron chi connectivity index (χ2n) is 4.90. The minimum Gasteiger partial charge on any atom is -0.411 e. The summed E-state index contributed by atoms with van der Waals surface area (Å²) in [6, 6.07) is 20.7. The largest absolute Gasteiger partial charge is 0.411 e. The van der Waals surface area contributed by atoms with Gasteiger partial charge in [0.05, 0.1) is 6.23 Å². The Hall–Kier alpha value is -1.58. The first kappa shape index (κ1) is 13.8. The molecule has 0 aliphatic rings. The Morgan fingerprint density at radius 3 is 1.63 bits per heavy atom. The molecule has 0 aliphatic carbocycles. The van der Waals surface area contributed by atoms with Crippen molar-refractivity contribution in [3.63, 3.8) is 0 Å². The molecule has 0 saturated heterocycles. The fourth-order valence-corrected chi connectivity index (χ4v) is 1.92. The number of hydrogen-bond acceptors (Lipinski definition) is 2. The highest BCUT2D eigenvalue weighted by atomic mass is 16.5. The molecule has 0 aliphatic heterocycles. The summed E-state index contributed by atoms with van der Waals surface area (Å²) in [6.45, 7) is 2.04.